The van der Waals surface area contributed by atoms with Crippen molar-refractivity contribution < 1.29 is 4.79 Å². The van der Waals surface area contributed by atoms with Gasteiger partial charge in [0.05, 0.1) is 5.69 Å². The average Bonchev–Trinajstić information content (AvgIpc) is 2.80. The quantitative estimate of drug-likeness (QED) is 0.885. The number of thioether (sulfide) groups is 1. The van der Waals surface area contributed by atoms with Crippen molar-refractivity contribution >= 4 is 16.9 Å². The molecule has 0 fully saturated rings. The van der Waals surface area contributed by atoms with Crippen molar-refractivity contribution in [2.75, 3.05) is 0 Å². The number of nitrogens with zero attached hydrogens (tertiary/aromatic N) is 1. The van der Waals surface area contributed by atoms with Crippen molar-refractivity contribution in [3.05, 3.63) is 42.1 Å². The van der Waals surface area contributed by atoms with Gasteiger partial charge >= 0.3 is 0 Å². The van der Waals surface area contributed by atoms with E-state index in [4.69, 9.17) is 0 Å². The Labute approximate surface area is 98.3 Å². The van der Waals surface area contributed by atoms with Crippen LogP contribution in [0.2, 0.25) is 0 Å². The molecule has 0 aliphatic carbocycles. The van der Waals surface area contributed by atoms with Gasteiger partial charge in [-0.3, -0.25) is 9.89 Å². The SMILES string of the molecule is CC(=O)SCc1cccc(-c2ccn[nH]2)c1. The molecule has 4 heteroatoms. The van der Waals surface area contributed by atoms with Crippen LogP contribution in [0.4, 0.5) is 0 Å². The summed E-state index contributed by atoms with van der Waals surface area (Å²) in [6.45, 7) is 1.59. The number of nitrogens with one attached hydrogen (secondary N) is 1. The molecule has 0 aliphatic heterocycles. The van der Waals surface area contributed by atoms with Gasteiger partial charge in [0.1, 0.15) is 0 Å². The molecule has 0 spiro atoms. The predicted molar refractivity (Wildman–Crippen MR) is 66.0 cm³/mol. The molecule has 1 aromatic carbocycles. The summed E-state index contributed by atoms with van der Waals surface area (Å²) in [5, 5.41) is 6.99. The number of hydrogen-bond donors (Lipinski definition) is 1. The van der Waals surface area contributed by atoms with E-state index in [1.54, 1.807) is 13.1 Å². The second-order valence-corrected chi connectivity index (χ2v) is 4.60. The highest BCUT2D eigenvalue weighted by atomic mass is 32.2. The molecule has 1 N–H and O–H groups in total. The van der Waals surface area contributed by atoms with Crippen LogP contribution >= 0.6 is 11.8 Å². The van der Waals surface area contributed by atoms with Gasteiger partial charge in [0, 0.05) is 18.9 Å². The number of H-pyrrole nitrogens is 1. The fraction of sp³-hybridized carbons (Fsp3) is 0.167. The normalized spacial score (nSPS) is 10.3. The van der Waals surface area contributed by atoms with E-state index in [1.807, 2.05) is 24.3 Å². The van der Waals surface area contributed by atoms with Crippen LogP contribution in [0, 0.1) is 0 Å². The standard InChI is InChI=1S/C12H12N2OS/c1-9(15)16-8-10-3-2-4-11(7-10)12-5-6-13-14-12/h2-7H,8H2,1H3,(H,13,14). The lowest BCUT2D eigenvalue weighted by atomic mass is 10.1. The molecular weight excluding hydrogens is 220 g/mol. The highest BCUT2D eigenvalue weighted by Gasteiger charge is 2.01. The van der Waals surface area contributed by atoms with E-state index in [-0.39, 0.29) is 5.12 Å². The number of rotatable bonds is 3. The highest BCUT2D eigenvalue weighted by Crippen LogP contribution is 2.20. The molecule has 0 amide bonds. The Morgan fingerprint density at radius 1 is 1.44 bits per heavy atom. The van der Waals surface area contributed by atoms with Gasteiger partial charge in [-0.05, 0) is 23.3 Å². The van der Waals surface area contributed by atoms with Crippen LogP contribution < -0.4 is 0 Å². The summed E-state index contributed by atoms with van der Waals surface area (Å²) in [7, 11) is 0. The predicted octanol–water partition coefficient (Wildman–Crippen LogP) is 2.86. The molecule has 1 heterocycles. The van der Waals surface area contributed by atoms with Crippen LogP contribution in [0.5, 0.6) is 0 Å². The zero-order valence-electron chi connectivity index (χ0n) is 8.93. The first-order valence-electron chi connectivity index (χ1n) is 4.98. The number of carbonyl (C=O) groups excluding carboxylic acids is 1. The second-order valence-electron chi connectivity index (χ2n) is 3.45. The summed E-state index contributed by atoms with van der Waals surface area (Å²) in [6.07, 6.45) is 1.73. The number of hydrogen-bond acceptors (Lipinski definition) is 3. The van der Waals surface area contributed by atoms with Crippen LogP contribution in [0.3, 0.4) is 0 Å². The van der Waals surface area contributed by atoms with Crippen molar-refractivity contribution in [3.8, 4) is 11.3 Å². The molecule has 0 atom stereocenters. The Morgan fingerprint density at radius 3 is 3.00 bits per heavy atom. The second kappa shape index (κ2) is 4.99. The zero-order valence-corrected chi connectivity index (χ0v) is 9.75. The monoisotopic (exact) mass is 232 g/mol. The fourth-order valence-corrected chi connectivity index (χ4v) is 1.98. The Morgan fingerprint density at radius 2 is 2.31 bits per heavy atom. The van der Waals surface area contributed by atoms with Crippen molar-refractivity contribution in [2.45, 2.75) is 12.7 Å². The zero-order chi connectivity index (χ0) is 11.4. The molecule has 0 unspecified atom stereocenters. The molecule has 82 valence electrons. The molecule has 2 rings (SSSR count). The average molecular weight is 232 g/mol. The third kappa shape index (κ3) is 2.73. The van der Waals surface area contributed by atoms with Crippen LogP contribution in [0.1, 0.15) is 12.5 Å². The topological polar surface area (TPSA) is 45.8 Å². The number of carbonyl (C=O) groups is 1. The van der Waals surface area contributed by atoms with E-state index >= 15 is 0 Å². The third-order valence-corrected chi connectivity index (χ3v) is 3.07. The molecule has 0 saturated heterocycles. The van der Waals surface area contributed by atoms with Gasteiger partial charge in [0.2, 0.25) is 0 Å². The summed E-state index contributed by atoms with van der Waals surface area (Å²) in [5.41, 5.74) is 3.24. The Kier molecular flexibility index (Phi) is 3.41. The maximum absolute atomic E-state index is 10.9. The van der Waals surface area contributed by atoms with Crippen molar-refractivity contribution in [1.29, 1.82) is 0 Å². The number of benzene rings is 1. The number of aromatic amines is 1. The van der Waals surface area contributed by atoms with Gasteiger partial charge in [-0.15, -0.1) is 0 Å². The first-order chi connectivity index (χ1) is 7.75. The van der Waals surface area contributed by atoms with E-state index in [9.17, 15) is 4.79 Å². The Hall–Kier alpha value is -1.55. The van der Waals surface area contributed by atoms with Gasteiger partial charge in [-0.25, -0.2) is 0 Å². The highest BCUT2D eigenvalue weighted by molar-refractivity contribution is 8.12. The molecule has 3 nitrogen and oxygen atoms in total. The van der Waals surface area contributed by atoms with Crippen LogP contribution in [-0.4, -0.2) is 15.3 Å². The minimum Gasteiger partial charge on any atom is -0.288 e. The minimum atomic E-state index is 0.145. The van der Waals surface area contributed by atoms with Crippen molar-refractivity contribution in [2.24, 2.45) is 0 Å². The van der Waals surface area contributed by atoms with E-state index in [0.29, 0.717) is 0 Å². The molecule has 0 bridgehead atoms. The lowest BCUT2D eigenvalue weighted by Crippen LogP contribution is -1.87. The van der Waals surface area contributed by atoms with Crippen molar-refractivity contribution in [3.63, 3.8) is 0 Å². The first-order valence-corrected chi connectivity index (χ1v) is 5.96. The third-order valence-electron chi connectivity index (χ3n) is 2.18. The van der Waals surface area contributed by atoms with E-state index < -0.39 is 0 Å². The van der Waals surface area contributed by atoms with E-state index in [0.717, 1.165) is 22.6 Å². The van der Waals surface area contributed by atoms with Crippen molar-refractivity contribution in [1.82, 2.24) is 10.2 Å². The van der Waals surface area contributed by atoms with Gasteiger partial charge in [-0.1, -0.05) is 30.0 Å². The van der Waals surface area contributed by atoms with Crippen LogP contribution in [0.25, 0.3) is 11.3 Å². The fourth-order valence-electron chi connectivity index (χ4n) is 1.43. The molecule has 0 radical (unpaired) electrons. The maximum Gasteiger partial charge on any atom is 0.186 e. The summed E-state index contributed by atoms with van der Waals surface area (Å²) in [6, 6.07) is 10.0. The van der Waals surface area contributed by atoms with E-state index in [1.165, 1.54) is 11.8 Å². The van der Waals surface area contributed by atoms with Crippen LogP contribution in [-0.2, 0) is 10.5 Å². The van der Waals surface area contributed by atoms with Crippen LogP contribution in [0.15, 0.2) is 36.5 Å². The summed E-state index contributed by atoms with van der Waals surface area (Å²) < 4.78 is 0. The minimum absolute atomic E-state index is 0.145. The van der Waals surface area contributed by atoms with Gasteiger partial charge in [-0.2, -0.15) is 5.10 Å². The molecule has 0 aliphatic rings. The summed E-state index contributed by atoms with van der Waals surface area (Å²) in [5.74, 6) is 0.720. The van der Waals surface area contributed by atoms with Gasteiger partial charge in [0.25, 0.3) is 0 Å². The molecule has 16 heavy (non-hydrogen) atoms. The lowest BCUT2D eigenvalue weighted by molar-refractivity contribution is -0.109. The summed E-state index contributed by atoms with van der Waals surface area (Å²) in [4.78, 5) is 10.9. The maximum atomic E-state index is 10.9. The largest absolute Gasteiger partial charge is 0.288 e. The number of aromatic nitrogens is 2. The Balaban J connectivity index is 2.17. The lowest BCUT2D eigenvalue weighted by Gasteiger charge is -2.02. The summed E-state index contributed by atoms with van der Waals surface area (Å²) >= 11 is 1.33. The first kappa shape index (κ1) is 11.0. The van der Waals surface area contributed by atoms with Gasteiger partial charge < -0.3 is 0 Å². The molecule has 2 aromatic rings. The molecular formula is C12H12N2OS. The van der Waals surface area contributed by atoms with Gasteiger partial charge in [0.15, 0.2) is 5.12 Å². The van der Waals surface area contributed by atoms with E-state index in [2.05, 4.69) is 16.3 Å². The molecule has 0 saturated carbocycles. The molecule has 1 aromatic heterocycles. The Bertz CT molecular complexity index is 480. The smallest absolute Gasteiger partial charge is 0.186 e.